The molecular weight excluding hydrogens is 250 g/mol. The number of aromatic nitrogens is 2. The van der Waals surface area contributed by atoms with Crippen molar-refractivity contribution in [2.24, 2.45) is 0 Å². The summed E-state index contributed by atoms with van der Waals surface area (Å²) in [5.74, 6) is 0.764. The number of hydrogen-bond donors (Lipinski definition) is 1. The minimum Gasteiger partial charge on any atom is -0.341 e. The molecule has 0 saturated heterocycles. The van der Waals surface area contributed by atoms with Crippen molar-refractivity contribution in [2.45, 2.75) is 24.7 Å². The molecule has 94 valence electrons. The Morgan fingerprint density at radius 1 is 1.28 bits per heavy atom. The van der Waals surface area contributed by atoms with Gasteiger partial charge in [0, 0.05) is 12.1 Å². The zero-order valence-corrected chi connectivity index (χ0v) is 10.9. The molecule has 3 rings (SSSR count). The van der Waals surface area contributed by atoms with E-state index in [1.165, 1.54) is 12.0 Å². The molecule has 2 aromatic rings. The van der Waals surface area contributed by atoms with Crippen LogP contribution in [0.1, 0.15) is 30.7 Å². The topological polar surface area (TPSA) is 51.0 Å². The van der Waals surface area contributed by atoms with E-state index < -0.39 is 0 Å². The molecule has 0 aliphatic heterocycles. The Morgan fingerprint density at radius 3 is 2.50 bits per heavy atom. The molecule has 0 spiro atoms. The third kappa shape index (κ3) is 1.68. The van der Waals surface area contributed by atoms with Gasteiger partial charge in [0.15, 0.2) is 5.82 Å². The van der Waals surface area contributed by atoms with Gasteiger partial charge in [0.2, 0.25) is 0 Å². The van der Waals surface area contributed by atoms with Gasteiger partial charge in [-0.3, -0.25) is 0 Å². The highest BCUT2D eigenvalue weighted by Gasteiger charge is 2.44. The van der Waals surface area contributed by atoms with E-state index in [0.717, 1.165) is 23.7 Å². The molecule has 18 heavy (non-hydrogen) atoms. The maximum Gasteiger partial charge on any atom is 0.321 e. The molecule has 1 N–H and O–H groups in total. The lowest BCUT2D eigenvalue weighted by Crippen LogP contribution is -2.36. The van der Waals surface area contributed by atoms with Gasteiger partial charge in [-0.2, -0.15) is 4.98 Å². The first kappa shape index (κ1) is 11.5. The molecule has 4 nitrogen and oxygen atoms in total. The summed E-state index contributed by atoms with van der Waals surface area (Å²) >= 11 is 5.94. The van der Waals surface area contributed by atoms with Crippen molar-refractivity contribution in [1.82, 2.24) is 10.1 Å². The van der Waals surface area contributed by atoms with Crippen LogP contribution in [0.2, 0.25) is 5.02 Å². The summed E-state index contributed by atoms with van der Waals surface area (Å²) in [6.45, 7) is 0. The molecule has 1 saturated carbocycles. The standard InChI is InChI=1S/C13H14ClN3O/c1-15-12-16-11(17-18-12)13(7-2-8-13)9-3-5-10(14)6-4-9/h3-6H,2,7-8H2,1H3,(H,15,16,17). The zero-order valence-electron chi connectivity index (χ0n) is 10.1. The first-order valence-electron chi connectivity index (χ1n) is 6.02. The molecule has 0 bridgehead atoms. The van der Waals surface area contributed by atoms with Crippen LogP contribution in [0.4, 0.5) is 6.01 Å². The average molecular weight is 264 g/mol. The summed E-state index contributed by atoms with van der Waals surface area (Å²) in [7, 11) is 1.77. The Balaban J connectivity index is 2.01. The summed E-state index contributed by atoms with van der Waals surface area (Å²) in [4.78, 5) is 4.40. The van der Waals surface area contributed by atoms with Crippen molar-refractivity contribution < 1.29 is 4.52 Å². The lowest BCUT2D eigenvalue weighted by atomic mass is 9.64. The van der Waals surface area contributed by atoms with Gasteiger partial charge in [0.25, 0.3) is 0 Å². The highest BCUT2D eigenvalue weighted by atomic mass is 35.5. The largest absolute Gasteiger partial charge is 0.341 e. The maximum atomic E-state index is 5.94. The molecule has 1 heterocycles. The number of hydrogen-bond acceptors (Lipinski definition) is 4. The quantitative estimate of drug-likeness (QED) is 0.924. The van der Waals surface area contributed by atoms with Crippen molar-refractivity contribution in [3.63, 3.8) is 0 Å². The van der Waals surface area contributed by atoms with Crippen molar-refractivity contribution >= 4 is 17.6 Å². The van der Waals surface area contributed by atoms with Gasteiger partial charge in [0.1, 0.15) is 0 Å². The average Bonchev–Trinajstić information content (AvgIpc) is 2.79. The van der Waals surface area contributed by atoms with Gasteiger partial charge in [0.05, 0.1) is 5.41 Å². The van der Waals surface area contributed by atoms with Crippen molar-refractivity contribution in [1.29, 1.82) is 0 Å². The second-order valence-corrected chi connectivity index (χ2v) is 5.05. The second-order valence-electron chi connectivity index (χ2n) is 4.62. The normalized spacial score (nSPS) is 17.2. The summed E-state index contributed by atoms with van der Waals surface area (Å²) in [5.41, 5.74) is 1.12. The summed E-state index contributed by atoms with van der Waals surface area (Å²) in [6.07, 6.45) is 3.29. The van der Waals surface area contributed by atoms with E-state index in [4.69, 9.17) is 16.1 Å². The van der Waals surface area contributed by atoms with Crippen LogP contribution >= 0.6 is 11.6 Å². The van der Waals surface area contributed by atoms with Gasteiger partial charge < -0.3 is 9.84 Å². The predicted octanol–water partition coefficient (Wildman–Crippen LogP) is 3.23. The minimum atomic E-state index is -0.0941. The van der Waals surface area contributed by atoms with E-state index in [-0.39, 0.29) is 5.41 Å². The van der Waals surface area contributed by atoms with Crippen LogP contribution in [0, 0.1) is 0 Å². The Hall–Kier alpha value is -1.55. The number of nitrogens with zero attached hydrogens (tertiary/aromatic N) is 2. The molecule has 0 atom stereocenters. The van der Waals surface area contributed by atoms with Crippen LogP contribution in [0.3, 0.4) is 0 Å². The van der Waals surface area contributed by atoms with E-state index in [1.807, 2.05) is 12.1 Å². The Morgan fingerprint density at radius 2 is 2.00 bits per heavy atom. The van der Waals surface area contributed by atoms with Crippen LogP contribution in [0.15, 0.2) is 28.8 Å². The van der Waals surface area contributed by atoms with Gasteiger partial charge >= 0.3 is 6.01 Å². The molecule has 1 aliphatic rings. The molecule has 1 aromatic heterocycles. The lowest BCUT2D eigenvalue weighted by Gasteiger charge is -2.39. The maximum absolute atomic E-state index is 5.94. The molecule has 0 radical (unpaired) electrons. The smallest absolute Gasteiger partial charge is 0.321 e. The lowest BCUT2D eigenvalue weighted by molar-refractivity contribution is 0.273. The third-order valence-corrected chi connectivity index (χ3v) is 3.92. The predicted molar refractivity (Wildman–Crippen MR) is 69.9 cm³/mol. The summed E-state index contributed by atoms with van der Waals surface area (Å²) < 4.78 is 5.14. The van der Waals surface area contributed by atoms with Crippen LogP contribution in [-0.2, 0) is 5.41 Å². The molecule has 1 aromatic carbocycles. The van der Waals surface area contributed by atoms with E-state index in [1.54, 1.807) is 7.05 Å². The van der Waals surface area contributed by atoms with Gasteiger partial charge in [-0.05, 0) is 30.5 Å². The Bertz CT molecular complexity index is 546. The van der Waals surface area contributed by atoms with Crippen LogP contribution < -0.4 is 5.32 Å². The number of rotatable bonds is 3. The highest BCUT2D eigenvalue weighted by Crippen LogP contribution is 2.48. The third-order valence-electron chi connectivity index (χ3n) is 3.67. The second kappa shape index (κ2) is 4.28. The SMILES string of the molecule is CNc1nc(C2(c3ccc(Cl)cc3)CCC2)no1. The van der Waals surface area contributed by atoms with E-state index >= 15 is 0 Å². The number of anilines is 1. The van der Waals surface area contributed by atoms with Crippen LogP contribution in [-0.4, -0.2) is 17.2 Å². The molecule has 0 unspecified atom stereocenters. The first-order chi connectivity index (χ1) is 8.74. The summed E-state index contributed by atoms with van der Waals surface area (Å²) in [5, 5.41) is 7.71. The van der Waals surface area contributed by atoms with Crippen LogP contribution in [0.5, 0.6) is 0 Å². The summed E-state index contributed by atoms with van der Waals surface area (Å²) in [6, 6.07) is 8.39. The first-order valence-corrected chi connectivity index (χ1v) is 6.40. The fourth-order valence-corrected chi connectivity index (χ4v) is 2.59. The van der Waals surface area contributed by atoms with Gasteiger partial charge in [-0.25, -0.2) is 0 Å². The van der Waals surface area contributed by atoms with E-state index in [0.29, 0.717) is 6.01 Å². The molecular formula is C13H14ClN3O. The number of benzene rings is 1. The van der Waals surface area contributed by atoms with Crippen molar-refractivity contribution in [2.75, 3.05) is 12.4 Å². The van der Waals surface area contributed by atoms with Crippen molar-refractivity contribution in [3.8, 4) is 0 Å². The Labute approximate surface area is 110 Å². The zero-order chi connectivity index (χ0) is 12.6. The highest BCUT2D eigenvalue weighted by molar-refractivity contribution is 6.30. The van der Waals surface area contributed by atoms with Crippen LogP contribution in [0.25, 0.3) is 0 Å². The number of nitrogens with one attached hydrogen (secondary N) is 1. The monoisotopic (exact) mass is 263 g/mol. The molecule has 1 fully saturated rings. The molecule has 5 heteroatoms. The van der Waals surface area contributed by atoms with Gasteiger partial charge in [-0.1, -0.05) is 35.3 Å². The fourth-order valence-electron chi connectivity index (χ4n) is 2.46. The van der Waals surface area contributed by atoms with Crippen molar-refractivity contribution in [3.05, 3.63) is 40.7 Å². The van der Waals surface area contributed by atoms with E-state index in [9.17, 15) is 0 Å². The minimum absolute atomic E-state index is 0.0941. The Kier molecular flexibility index (Phi) is 2.74. The fraction of sp³-hybridized carbons (Fsp3) is 0.385. The molecule has 1 aliphatic carbocycles. The molecule has 0 amide bonds. The van der Waals surface area contributed by atoms with Gasteiger partial charge in [-0.15, -0.1) is 0 Å². The van der Waals surface area contributed by atoms with E-state index in [2.05, 4.69) is 27.6 Å². The number of halogens is 1.